The van der Waals surface area contributed by atoms with Gasteiger partial charge in [-0.3, -0.25) is 4.79 Å². The molecular formula is C14H18Cl2O3. The fraction of sp³-hybridized carbons (Fsp3) is 0.500. The second-order valence-corrected chi connectivity index (χ2v) is 5.63. The molecule has 0 radical (unpaired) electrons. The summed E-state index contributed by atoms with van der Waals surface area (Å²) < 4.78 is 10.6. The largest absolute Gasteiger partial charge is 0.488 e. The normalized spacial score (nSPS) is 10.9. The molecule has 0 N–H and O–H groups in total. The van der Waals surface area contributed by atoms with Gasteiger partial charge in [0.15, 0.2) is 5.75 Å². The maximum absolute atomic E-state index is 11.4. The number of esters is 1. The van der Waals surface area contributed by atoms with E-state index in [-0.39, 0.29) is 24.6 Å². The first kappa shape index (κ1) is 16.1. The molecule has 5 heteroatoms. The van der Waals surface area contributed by atoms with E-state index in [1.54, 1.807) is 26.0 Å². The first-order valence-corrected chi connectivity index (χ1v) is 6.88. The van der Waals surface area contributed by atoms with E-state index in [1.165, 1.54) is 0 Å². The van der Waals surface area contributed by atoms with Gasteiger partial charge in [-0.15, -0.1) is 0 Å². The van der Waals surface area contributed by atoms with Gasteiger partial charge in [0, 0.05) is 0 Å². The summed E-state index contributed by atoms with van der Waals surface area (Å²) in [6.45, 7) is 7.50. The zero-order valence-electron chi connectivity index (χ0n) is 11.5. The predicted molar refractivity (Wildman–Crippen MR) is 76.9 cm³/mol. The fourth-order valence-corrected chi connectivity index (χ4v) is 1.99. The van der Waals surface area contributed by atoms with E-state index in [4.69, 9.17) is 32.7 Å². The predicted octanol–water partition coefficient (Wildman–Crippen LogP) is 4.48. The number of halogens is 2. The van der Waals surface area contributed by atoms with Crippen LogP contribution in [0.3, 0.4) is 0 Å². The molecule has 0 aliphatic carbocycles. The fourth-order valence-electron chi connectivity index (χ4n) is 1.37. The lowest BCUT2D eigenvalue weighted by Crippen LogP contribution is -2.11. The average molecular weight is 305 g/mol. The maximum Gasteiger partial charge on any atom is 0.308 e. The molecule has 0 amide bonds. The van der Waals surface area contributed by atoms with Crippen molar-refractivity contribution in [2.75, 3.05) is 0 Å². The van der Waals surface area contributed by atoms with Gasteiger partial charge in [-0.2, -0.15) is 0 Å². The molecule has 0 aromatic heterocycles. The topological polar surface area (TPSA) is 35.5 Å². The van der Waals surface area contributed by atoms with Gasteiger partial charge in [0.1, 0.15) is 6.61 Å². The van der Waals surface area contributed by atoms with Crippen LogP contribution in [0.1, 0.15) is 33.3 Å². The molecule has 1 aromatic carbocycles. The van der Waals surface area contributed by atoms with Crippen LogP contribution in [0, 0.1) is 5.92 Å². The van der Waals surface area contributed by atoms with Crippen LogP contribution in [0.15, 0.2) is 12.1 Å². The Labute approximate surface area is 123 Å². The van der Waals surface area contributed by atoms with Crippen molar-refractivity contribution < 1.29 is 14.3 Å². The summed E-state index contributed by atoms with van der Waals surface area (Å²) >= 11 is 12.2. The van der Waals surface area contributed by atoms with Gasteiger partial charge < -0.3 is 9.47 Å². The van der Waals surface area contributed by atoms with Gasteiger partial charge in [-0.25, -0.2) is 0 Å². The Morgan fingerprint density at radius 3 is 2.11 bits per heavy atom. The zero-order valence-corrected chi connectivity index (χ0v) is 13.0. The molecule has 0 aliphatic heterocycles. The second kappa shape index (κ2) is 7.01. The van der Waals surface area contributed by atoms with Crippen LogP contribution >= 0.6 is 23.2 Å². The molecule has 0 heterocycles. The highest BCUT2D eigenvalue weighted by Crippen LogP contribution is 2.35. The van der Waals surface area contributed by atoms with Crippen LogP contribution in [0.4, 0.5) is 0 Å². The maximum atomic E-state index is 11.4. The Hall–Kier alpha value is -0.930. The molecule has 0 aliphatic rings. The lowest BCUT2D eigenvalue weighted by Gasteiger charge is -2.14. The third kappa shape index (κ3) is 4.92. The van der Waals surface area contributed by atoms with Crippen LogP contribution in [0.25, 0.3) is 0 Å². The lowest BCUT2D eigenvalue weighted by atomic mass is 10.2. The lowest BCUT2D eigenvalue weighted by molar-refractivity contribution is -0.148. The molecule has 0 saturated carbocycles. The average Bonchev–Trinajstić information content (AvgIpc) is 2.30. The van der Waals surface area contributed by atoms with E-state index in [1.807, 2.05) is 13.8 Å². The Morgan fingerprint density at radius 2 is 1.68 bits per heavy atom. The van der Waals surface area contributed by atoms with Crippen LogP contribution < -0.4 is 4.74 Å². The van der Waals surface area contributed by atoms with Crippen molar-refractivity contribution in [3.05, 3.63) is 27.7 Å². The summed E-state index contributed by atoms with van der Waals surface area (Å²) in [5, 5.41) is 0.827. The third-order valence-corrected chi connectivity index (χ3v) is 2.83. The third-order valence-electron chi connectivity index (χ3n) is 2.26. The number of ether oxygens (including phenoxy) is 2. The molecule has 0 fully saturated rings. The van der Waals surface area contributed by atoms with Crippen LogP contribution in [0.5, 0.6) is 5.75 Å². The monoisotopic (exact) mass is 304 g/mol. The van der Waals surface area contributed by atoms with Crippen molar-refractivity contribution in [2.24, 2.45) is 5.92 Å². The smallest absolute Gasteiger partial charge is 0.308 e. The number of hydrogen-bond donors (Lipinski definition) is 0. The standard InChI is InChI=1S/C14H18Cl2O3/c1-8(2)14(17)18-7-10-5-11(15)13(12(16)6-10)19-9(3)4/h5-6,8-9H,7H2,1-4H3. The first-order chi connectivity index (χ1) is 8.81. The Balaban J connectivity index is 2.80. The summed E-state index contributed by atoms with van der Waals surface area (Å²) in [5.74, 6) is 0.0431. The van der Waals surface area contributed by atoms with Gasteiger partial charge in [0.25, 0.3) is 0 Å². The van der Waals surface area contributed by atoms with E-state index >= 15 is 0 Å². The minimum atomic E-state index is -0.255. The highest BCUT2D eigenvalue weighted by Gasteiger charge is 2.13. The van der Waals surface area contributed by atoms with Crippen molar-refractivity contribution >= 4 is 29.2 Å². The van der Waals surface area contributed by atoms with E-state index in [2.05, 4.69) is 0 Å². The van der Waals surface area contributed by atoms with E-state index < -0.39 is 0 Å². The van der Waals surface area contributed by atoms with Crippen molar-refractivity contribution in [2.45, 2.75) is 40.4 Å². The number of hydrogen-bond acceptors (Lipinski definition) is 3. The number of carbonyl (C=O) groups is 1. The summed E-state index contributed by atoms with van der Waals surface area (Å²) in [4.78, 5) is 11.4. The zero-order chi connectivity index (χ0) is 14.6. The van der Waals surface area contributed by atoms with E-state index in [0.717, 1.165) is 5.56 Å². The molecule has 0 saturated heterocycles. The van der Waals surface area contributed by atoms with Gasteiger partial charge in [0.05, 0.1) is 22.1 Å². The van der Waals surface area contributed by atoms with Crippen molar-refractivity contribution in [3.8, 4) is 5.75 Å². The summed E-state index contributed by atoms with van der Waals surface area (Å²) in [7, 11) is 0. The molecule has 0 spiro atoms. The molecule has 1 aromatic rings. The molecule has 3 nitrogen and oxygen atoms in total. The van der Waals surface area contributed by atoms with Crippen molar-refractivity contribution in [3.63, 3.8) is 0 Å². The highest BCUT2D eigenvalue weighted by atomic mass is 35.5. The number of rotatable bonds is 5. The van der Waals surface area contributed by atoms with E-state index in [9.17, 15) is 4.79 Å². The van der Waals surface area contributed by atoms with Crippen molar-refractivity contribution in [1.29, 1.82) is 0 Å². The van der Waals surface area contributed by atoms with Gasteiger partial charge in [0.2, 0.25) is 0 Å². The Kier molecular flexibility index (Phi) is 5.95. The van der Waals surface area contributed by atoms with E-state index in [0.29, 0.717) is 15.8 Å². The number of carbonyl (C=O) groups excluding carboxylic acids is 1. The second-order valence-electron chi connectivity index (χ2n) is 4.82. The first-order valence-electron chi connectivity index (χ1n) is 6.12. The van der Waals surface area contributed by atoms with Gasteiger partial charge in [-0.1, -0.05) is 37.0 Å². The summed E-state index contributed by atoms with van der Waals surface area (Å²) in [6, 6.07) is 3.39. The minimum absolute atomic E-state index is 0.0142. The molecule has 0 unspecified atom stereocenters. The molecule has 19 heavy (non-hydrogen) atoms. The van der Waals surface area contributed by atoms with Crippen LogP contribution in [-0.4, -0.2) is 12.1 Å². The molecule has 106 valence electrons. The summed E-state index contributed by atoms with van der Waals surface area (Å²) in [6.07, 6.45) is -0.0142. The summed E-state index contributed by atoms with van der Waals surface area (Å²) in [5.41, 5.74) is 0.736. The quantitative estimate of drug-likeness (QED) is 0.752. The molecule has 0 atom stereocenters. The van der Waals surface area contributed by atoms with Gasteiger partial charge in [-0.05, 0) is 31.5 Å². The minimum Gasteiger partial charge on any atom is -0.488 e. The Bertz CT molecular complexity index is 433. The van der Waals surface area contributed by atoms with Crippen molar-refractivity contribution in [1.82, 2.24) is 0 Å². The van der Waals surface area contributed by atoms with Crippen LogP contribution in [-0.2, 0) is 16.1 Å². The highest BCUT2D eigenvalue weighted by molar-refractivity contribution is 6.37. The number of benzene rings is 1. The Morgan fingerprint density at radius 1 is 1.16 bits per heavy atom. The molecule has 1 rings (SSSR count). The van der Waals surface area contributed by atoms with Crippen LogP contribution in [0.2, 0.25) is 10.0 Å². The molecule has 0 bridgehead atoms. The molecular weight excluding hydrogens is 287 g/mol. The SMILES string of the molecule is CC(C)Oc1c(Cl)cc(COC(=O)C(C)C)cc1Cl. The van der Waals surface area contributed by atoms with Gasteiger partial charge >= 0.3 is 5.97 Å².